The maximum Gasteiger partial charge on any atom is 0.330 e. The zero-order valence-electron chi connectivity index (χ0n) is 59.7. The second-order valence-electron chi connectivity index (χ2n) is 26.8. The predicted molar refractivity (Wildman–Crippen MR) is 376 cm³/mol. The molecule has 5 fully saturated rings. The molecule has 6 heterocycles. The Labute approximate surface area is 649 Å². The van der Waals surface area contributed by atoms with Gasteiger partial charge in [0.05, 0.1) is 12.2 Å². The summed E-state index contributed by atoms with van der Waals surface area (Å²) in [6, 6.07) is 22.7. The largest absolute Gasteiger partial charge is 0.508 e. The number of aliphatic carboxylic acids is 1. The number of benzene rings is 5. The van der Waals surface area contributed by atoms with E-state index in [9.17, 15) is 121 Å². The van der Waals surface area contributed by atoms with Gasteiger partial charge in [-0.05, 0) is 89.5 Å². The van der Waals surface area contributed by atoms with Crippen LogP contribution in [0.5, 0.6) is 46.0 Å². The van der Waals surface area contributed by atoms with E-state index in [4.69, 9.17) is 76.2 Å². The SMILES string of the molecule is O=C(O)CC(=O)OCC1OC(OC2=Cc3c(O)cc(OC4OC(COC(=O)C=Cc5ccc(O)cc5)C(O)C(O)C4O)cc3OC2c2ccc(O)c(OC3OC(COC(=O)C=Cc4ccc(OC5OC(COC(=O)C=Cc6ccc(OC7OC(CO)C(O)C(O)C7O)cc6)C(O)C(O)C5O)cc4)C(O)C(O)C3O)c2)C(O)C(O)C1O. The fraction of sp³-hybridized carbons (Fsp3) is 0.427. The first kappa shape index (κ1) is 85.6. The topological polar surface area (TPSA) is 628 Å². The lowest BCUT2D eigenvalue weighted by atomic mass is 9.98. The quantitative estimate of drug-likeness (QED) is 0.00973. The molecule has 20 N–H and O–H groups in total. The number of hydrogen-bond acceptors (Lipinski definition) is 39. The lowest BCUT2D eigenvalue weighted by Gasteiger charge is -2.41. The summed E-state index contributed by atoms with van der Waals surface area (Å²) in [5.41, 5.74) is 0.995. The second kappa shape index (κ2) is 38.0. The van der Waals surface area contributed by atoms with Gasteiger partial charge in [-0.3, -0.25) is 9.59 Å². The molecule has 6 aliphatic heterocycles. The Morgan fingerprint density at radius 1 is 0.374 bits per heavy atom. The van der Waals surface area contributed by atoms with Gasteiger partial charge in [-0.2, -0.15) is 0 Å². The smallest absolute Gasteiger partial charge is 0.330 e. The number of carboxylic acid groups (broad SMARTS) is 1. The predicted octanol–water partition coefficient (Wildman–Crippen LogP) is -4.37. The first-order valence-electron chi connectivity index (χ1n) is 35.2. The van der Waals surface area contributed by atoms with E-state index in [0.29, 0.717) is 16.7 Å². The molecule has 622 valence electrons. The van der Waals surface area contributed by atoms with Crippen LogP contribution in [-0.2, 0) is 71.3 Å². The molecule has 6 aliphatic rings. The van der Waals surface area contributed by atoms with E-state index >= 15 is 0 Å². The molecule has 40 nitrogen and oxygen atoms in total. The molecule has 115 heavy (non-hydrogen) atoms. The first-order chi connectivity index (χ1) is 54.8. The molecule has 26 unspecified atom stereocenters. The summed E-state index contributed by atoms with van der Waals surface area (Å²) in [4.78, 5) is 61.8. The minimum absolute atomic E-state index is 0.0215. The molecule has 0 aromatic heterocycles. The Morgan fingerprint density at radius 2 is 0.739 bits per heavy atom. The van der Waals surface area contributed by atoms with Crippen molar-refractivity contribution in [3.63, 3.8) is 0 Å². The summed E-state index contributed by atoms with van der Waals surface area (Å²) >= 11 is 0. The van der Waals surface area contributed by atoms with Crippen molar-refractivity contribution in [2.75, 3.05) is 33.0 Å². The van der Waals surface area contributed by atoms with Crippen molar-refractivity contribution in [3.05, 3.63) is 155 Å². The lowest BCUT2D eigenvalue weighted by Crippen LogP contribution is -2.60. The lowest BCUT2D eigenvalue weighted by molar-refractivity contribution is -0.294. The zero-order chi connectivity index (χ0) is 82.8. The summed E-state index contributed by atoms with van der Waals surface area (Å²) in [5.74, 6) is -8.52. The molecule has 40 heteroatoms. The Bertz CT molecular complexity index is 4290. The van der Waals surface area contributed by atoms with Crippen molar-refractivity contribution in [2.24, 2.45) is 0 Å². The molecule has 5 aromatic rings. The van der Waals surface area contributed by atoms with Gasteiger partial charge < -0.3 is 173 Å². The van der Waals surface area contributed by atoms with Crippen molar-refractivity contribution in [1.29, 1.82) is 0 Å². The van der Waals surface area contributed by atoms with E-state index in [1.807, 2.05) is 0 Å². The number of esters is 4. The summed E-state index contributed by atoms with van der Waals surface area (Å²) in [6.07, 6.45) is -39.6. The fourth-order valence-corrected chi connectivity index (χ4v) is 12.2. The number of carboxylic acids is 1. The van der Waals surface area contributed by atoms with E-state index in [1.54, 1.807) is 0 Å². The van der Waals surface area contributed by atoms with Crippen LogP contribution >= 0.6 is 0 Å². The molecule has 0 radical (unpaired) electrons. The minimum Gasteiger partial charge on any atom is -0.508 e. The summed E-state index contributed by atoms with van der Waals surface area (Å²) in [7, 11) is 0. The highest BCUT2D eigenvalue weighted by molar-refractivity contribution is 5.90. The average molecular weight is 1620 g/mol. The number of aliphatic hydroxyl groups excluding tert-OH is 16. The van der Waals surface area contributed by atoms with Crippen molar-refractivity contribution in [1.82, 2.24) is 0 Å². The second-order valence-corrected chi connectivity index (χ2v) is 26.8. The molecule has 26 atom stereocenters. The van der Waals surface area contributed by atoms with Gasteiger partial charge in [0.25, 0.3) is 0 Å². The number of carbonyl (C=O) groups excluding carboxylic acids is 4. The minimum atomic E-state index is -2.13. The average Bonchev–Trinajstić information content (AvgIpc) is 0.763. The highest BCUT2D eigenvalue weighted by Gasteiger charge is 2.51. The van der Waals surface area contributed by atoms with E-state index in [1.165, 1.54) is 97.1 Å². The standard InChI is InChI=1S/C75H82O40/c76-26-45-55(86)60(91)65(96)71(111-45)105-36-13-3-32(4-14-36)8-19-52(83)101-27-46-56(87)61(92)66(97)72(112-46)106-37-15-5-33(6-16-37)9-20-53(84)103-29-48-58(89)63(94)68(99)74(114-48)109-43-21-34(10-17-40(43)78)70-44(110-75-69(100)64(95)59(90)49(115-75)30-104-54(85)25-50(80)81)24-39-41(79)22-38(23-42(39)108-70)107-73-67(98)62(93)57(88)47(113-73)28-102-51(82)18-7-31-1-11-35(77)12-2-31/h1-24,45-49,55-79,86-100H,25-30H2,(H,80,81). The van der Waals surface area contributed by atoms with Crippen LogP contribution in [0.15, 0.2) is 127 Å². The Hall–Kier alpha value is -10.2. The molecular formula is C75H82O40. The van der Waals surface area contributed by atoms with Crippen molar-refractivity contribution in [3.8, 4) is 46.0 Å². The number of aliphatic hydroxyl groups is 16. The number of rotatable bonds is 28. The van der Waals surface area contributed by atoms with Crippen molar-refractivity contribution < 1.29 is 197 Å². The Kier molecular flexibility index (Phi) is 28.3. The van der Waals surface area contributed by atoms with Crippen molar-refractivity contribution in [2.45, 2.75) is 166 Å². The molecule has 0 bridgehead atoms. The Balaban J connectivity index is 0.718. The van der Waals surface area contributed by atoms with Gasteiger partial charge in [-0.25, -0.2) is 14.4 Å². The van der Waals surface area contributed by atoms with E-state index in [0.717, 1.165) is 48.6 Å². The highest BCUT2D eigenvalue weighted by Crippen LogP contribution is 2.47. The molecule has 0 saturated carbocycles. The zero-order valence-corrected chi connectivity index (χ0v) is 59.7. The van der Waals surface area contributed by atoms with Crippen LogP contribution in [-0.4, -0.2) is 319 Å². The van der Waals surface area contributed by atoms with Crippen LogP contribution in [0.3, 0.4) is 0 Å². The summed E-state index contributed by atoms with van der Waals surface area (Å²) < 4.78 is 84.6. The van der Waals surface area contributed by atoms with Gasteiger partial charge in [0.1, 0.15) is 195 Å². The fourth-order valence-electron chi connectivity index (χ4n) is 12.2. The molecule has 5 aromatic carbocycles. The third-order valence-corrected chi connectivity index (χ3v) is 18.7. The van der Waals surface area contributed by atoms with Crippen LogP contribution < -0.4 is 23.7 Å². The molecule has 11 rings (SSSR count). The van der Waals surface area contributed by atoms with Gasteiger partial charge in [-0.15, -0.1) is 0 Å². The van der Waals surface area contributed by atoms with Crippen molar-refractivity contribution >= 4 is 54.2 Å². The third kappa shape index (κ3) is 21.1. The van der Waals surface area contributed by atoms with E-state index < -0.39 is 252 Å². The number of hydrogen-bond donors (Lipinski definition) is 20. The molecule has 5 saturated heterocycles. The molecule has 0 amide bonds. The summed E-state index contributed by atoms with van der Waals surface area (Å²) in [6.45, 7) is -3.66. The number of aromatic hydroxyl groups is 3. The summed E-state index contributed by atoms with van der Waals surface area (Å²) in [5, 5.41) is 212. The number of carbonyl (C=O) groups is 5. The maximum absolute atomic E-state index is 13.1. The Morgan fingerprint density at radius 3 is 1.15 bits per heavy atom. The number of phenols is 3. The van der Waals surface area contributed by atoms with Crippen LogP contribution in [0.1, 0.15) is 40.3 Å². The monoisotopic (exact) mass is 1620 g/mol. The number of fused-ring (bicyclic) bond motifs is 1. The van der Waals surface area contributed by atoms with Gasteiger partial charge in [0, 0.05) is 35.9 Å². The normalized spacial score (nSPS) is 32.7. The van der Waals surface area contributed by atoms with Crippen LogP contribution in [0.25, 0.3) is 24.3 Å². The van der Waals surface area contributed by atoms with Gasteiger partial charge in [-0.1, -0.05) is 42.5 Å². The van der Waals surface area contributed by atoms with E-state index in [2.05, 4.69) is 0 Å². The van der Waals surface area contributed by atoms with Gasteiger partial charge >= 0.3 is 29.8 Å². The molecule has 0 aliphatic carbocycles. The number of phenolic OH excluding ortho intramolecular Hbond substituents is 3. The number of ether oxygens (including phenoxy) is 15. The van der Waals surface area contributed by atoms with Gasteiger partial charge in [0.2, 0.25) is 31.5 Å². The molecular weight excluding hydrogens is 1540 g/mol. The van der Waals surface area contributed by atoms with E-state index in [-0.39, 0.29) is 39.9 Å². The van der Waals surface area contributed by atoms with Gasteiger partial charge in [0.15, 0.2) is 17.6 Å². The third-order valence-electron chi connectivity index (χ3n) is 18.7. The van der Waals surface area contributed by atoms with Crippen LogP contribution in [0, 0.1) is 0 Å². The highest BCUT2D eigenvalue weighted by atomic mass is 16.7. The first-order valence-corrected chi connectivity index (χ1v) is 35.2. The van der Waals surface area contributed by atoms with Crippen LogP contribution in [0.2, 0.25) is 0 Å². The maximum atomic E-state index is 13.1. The van der Waals surface area contributed by atoms with Crippen LogP contribution in [0.4, 0.5) is 0 Å². The molecule has 0 spiro atoms.